The standard InChI is InChI=1S/C21H40N4O/c1-7-13-25(14-8-2)19(18(3)4)16-23-20(22-5)24-17-21(10-9-11-21)12-15-26-6/h7-8,18-19H,1-2,9-17H2,3-6H3,(H2,22,23,24). The van der Waals surface area contributed by atoms with Gasteiger partial charge in [0.15, 0.2) is 5.96 Å². The molecular weight excluding hydrogens is 324 g/mol. The van der Waals surface area contributed by atoms with E-state index in [2.05, 4.69) is 47.5 Å². The van der Waals surface area contributed by atoms with Gasteiger partial charge in [0.1, 0.15) is 0 Å². The number of ether oxygens (including phenoxy) is 1. The summed E-state index contributed by atoms with van der Waals surface area (Å²) in [6, 6.07) is 0.399. The van der Waals surface area contributed by atoms with Crippen LogP contribution in [0.15, 0.2) is 30.3 Å². The van der Waals surface area contributed by atoms with Crippen molar-refractivity contribution in [3.8, 4) is 0 Å². The lowest BCUT2D eigenvalue weighted by Gasteiger charge is -2.42. The lowest BCUT2D eigenvalue weighted by atomic mass is 9.67. The lowest BCUT2D eigenvalue weighted by molar-refractivity contribution is 0.0732. The average Bonchev–Trinajstić information content (AvgIpc) is 2.58. The molecule has 1 aliphatic rings. The molecule has 0 bridgehead atoms. The smallest absolute Gasteiger partial charge is 0.191 e. The number of methoxy groups -OCH3 is 1. The first-order valence-electron chi connectivity index (χ1n) is 9.91. The van der Waals surface area contributed by atoms with E-state index in [9.17, 15) is 0 Å². The van der Waals surface area contributed by atoms with E-state index in [0.717, 1.165) is 45.2 Å². The summed E-state index contributed by atoms with van der Waals surface area (Å²) in [4.78, 5) is 6.82. The van der Waals surface area contributed by atoms with Gasteiger partial charge in [0.2, 0.25) is 0 Å². The Hall–Kier alpha value is -1.33. The number of hydrogen-bond acceptors (Lipinski definition) is 3. The van der Waals surface area contributed by atoms with Crippen LogP contribution >= 0.6 is 0 Å². The van der Waals surface area contributed by atoms with Crippen LogP contribution in [0.2, 0.25) is 0 Å². The van der Waals surface area contributed by atoms with Crippen LogP contribution in [-0.2, 0) is 4.74 Å². The summed E-state index contributed by atoms with van der Waals surface area (Å²) in [5.41, 5.74) is 0.378. The van der Waals surface area contributed by atoms with Gasteiger partial charge in [-0.05, 0) is 30.6 Å². The van der Waals surface area contributed by atoms with E-state index in [0.29, 0.717) is 17.4 Å². The van der Waals surface area contributed by atoms with Gasteiger partial charge in [0, 0.05) is 53.0 Å². The van der Waals surface area contributed by atoms with Gasteiger partial charge in [0.05, 0.1) is 0 Å². The third-order valence-corrected chi connectivity index (χ3v) is 5.55. The summed E-state index contributed by atoms with van der Waals surface area (Å²) in [5.74, 6) is 1.41. The van der Waals surface area contributed by atoms with E-state index in [-0.39, 0.29) is 0 Å². The van der Waals surface area contributed by atoms with Gasteiger partial charge in [-0.25, -0.2) is 0 Å². The first kappa shape index (κ1) is 22.7. The van der Waals surface area contributed by atoms with Crippen LogP contribution in [0.5, 0.6) is 0 Å². The molecule has 1 saturated carbocycles. The van der Waals surface area contributed by atoms with Crippen molar-refractivity contribution in [3.63, 3.8) is 0 Å². The molecule has 0 saturated heterocycles. The Morgan fingerprint density at radius 2 is 1.88 bits per heavy atom. The summed E-state index contributed by atoms with van der Waals surface area (Å²) < 4.78 is 5.29. The highest BCUT2D eigenvalue weighted by Crippen LogP contribution is 2.43. The summed E-state index contributed by atoms with van der Waals surface area (Å²) in [6.45, 7) is 16.7. The molecule has 1 fully saturated rings. The molecular formula is C21H40N4O. The van der Waals surface area contributed by atoms with Crippen molar-refractivity contribution < 1.29 is 4.74 Å². The fourth-order valence-electron chi connectivity index (χ4n) is 3.67. The fourth-order valence-corrected chi connectivity index (χ4v) is 3.67. The van der Waals surface area contributed by atoms with Gasteiger partial charge in [-0.2, -0.15) is 0 Å². The molecule has 1 rings (SSSR count). The molecule has 0 aromatic carbocycles. The minimum atomic E-state index is 0.378. The third kappa shape index (κ3) is 7.12. The van der Waals surface area contributed by atoms with Crippen LogP contribution in [0.25, 0.3) is 0 Å². The summed E-state index contributed by atoms with van der Waals surface area (Å²) in [6.07, 6.45) is 8.92. The minimum Gasteiger partial charge on any atom is -0.385 e. The Kier molecular flexibility index (Phi) is 10.6. The predicted octanol–water partition coefficient (Wildman–Crippen LogP) is 3.06. The Morgan fingerprint density at radius 3 is 2.31 bits per heavy atom. The minimum absolute atomic E-state index is 0.378. The number of guanidine groups is 1. The molecule has 0 amide bonds. The predicted molar refractivity (Wildman–Crippen MR) is 113 cm³/mol. The molecule has 0 radical (unpaired) electrons. The van der Waals surface area contributed by atoms with Crippen LogP contribution in [0.1, 0.15) is 39.5 Å². The monoisotopic (exact) mass is 364 g/mol. The molecule has 0 heterocycles. The van der Waals surface area contributed by atoms with Crippen molar-refractivity contribution in [2.24, 2.45) is 16.3 Å². The Labute approximate surface area is 161 Å². The number of aliphatic imine (C=N–C) groups is 1. The maximum absolute atomic E-state index is 5.29. The average molecular weight is 365 g/mol. The highest BCUT2D eigenvalue weighted by molar-refractivity contribution is 5.79. The van der Waals surface area contributed by atoms with Crippen molar-refractivity contribution in [3.05, 3.63) is 25.3 Å². The second-order valence-electron chi connectivity index (χ2n) is 7.75. The molecule has 26 heavy (non-hydrogen) atoms. The Bertz CT molecular complexity index is 433. The summed E-state index contributed by atoms with van der Waals surface area (Å²) in [5, 5.41) is 7.07. The van der Waals surface area contributed by atoms with Gasteiger partial charge >= 0.3 is 0 Å². The molecule has 1 atom stereocenters. The van der Waals surface area contributed by atoms with Gasteiger partial charge in [-0.3, -0.25) is 9.89 Å². The zero-order chi connectivity index (χ0) is 19.4. The molecule has 150 valence electrons. The van der Waals surface area contributed by atoms with Gasteiger partial charge < -0.3 is 15.4 Å². The van der Waals surface area contributed by atoms with Crippen molar-refractivity contribution in [1.82, 2.24) is 15.5 Å². The maximum atomic E-state index is 5.29. The molecule has 5 nitrogen and oxygen atoms in total. The largest absolute Gasteiger partial charge is 0.385 e. The second-order valence-corrected chi connectivity index (χ2v) is 7.75. The van der Waals surface area contributed by atoms with Crippen molar-refractivity contribution >= 4 is 5.96 Å². The Balaban J connectivity index is 2.56. The van der Waals surface area contributed by atoms with E-state index in [4.69, 9.17) is 4.74 Å². The fraction of sp³-hybridized carbons (Fsp3) is 0.762. The van der Waals surface area contributed by atoms with Crippen molar-refractivity contribution in [1.29, 1.82) is 0 Å². The number of nitrogens with one attached hydrogen (secondary N) is 2. The van der Waals surface area contributed by atoms with E-state index in [1.807, 2.05) is 19.2 Å². The molecule has 5 heteroatoms. The number of rotatable bonds is 13. The molecule has 0 aromatic heterocycles. The highest BCUT2D eigenvalue weighted by Gasteiger charge is 2.36. The van der Waals surface area contributed by atoms with Crippen LogP contribution in [-0.4, -0.2) is 63.8 Å². The number of nitrogens with zero attached hydrogens (tertiary/aromatic N) is 2. The SMILES string of the molecule is C=CCN(CC=C)C(CNC(=NC)NCC1(CCOC)CCC1)C(C)C. The lowest BCUT2D eigenvalue weighted by Crippen LogP contribution is -2.51. The van der Waals surface area contributed by atoms with E-state index in [1.165, 1.54) is 19.3 Å². The van der Waals surface area contributed by atoms with Gasteiger partial charge in [0.25, 0.3) is 0 Å². The molecule has 2 N–H and O–H groups in total. The van der Waals surface area contributed by atoms with Crippen molar-refractivity contribution in [2.45, 2.75) is 45.6 Å². The Morgan fingerprint density at radius 1 is 1.23 bits per heavy atom. The van der Waals surface area contributed by atoms with E-state index in [1.54, 1.807) is 7.11 Å². The van der Waals surface area contributed by atoms with Gasteiger partial charge in [-0.1, -0.05) is 32.4 Å². The third-order valence-electron chi connectivity index (χ3n) is 5.55. The first-order chi connectivity index (χ1) is 12.5. The quantitative estimate of drug-likeness (QED) is 0.300. The molecule has 1 aliphatic carbocycles. The zero-order valence-corrected chi connectivity index (χ0v) is 17.4. The van der Waals surface area contributed by atoms with Crippen LogP contribution in [0, 0.1) is 11.3 Å². The molecule has 1 unspecified atom stereocenters. The van der Waals surface area contributed by atoms with Gasteiger partial charge in [-0.15, -0.1) is 13.2 Å². The maximum Gasteiger partial charge on any atom is 0.191 e. The van der Waals surface area contributed by atoms with E-state index >= 15 is 0 Å². The molecule has 0 aliphatic heterocycles. The second kappa shape index (κ2) is 12.1. The first-order valence-corrected chi connectivity index (χ1v) is 9.91. The zero-order valence-electron chi connectivity index (χ0n) is 17.4. The summed E-state index contributed by atoms with van der Waals surface area (Å²) in [7, 11) is 3.62. The molecule has 0 spiro atoms. The normalized spacial score (nSPS) is 17.7. The van der Waals surface area contributed by atoms with E-state index < -0.39 is 0 Å². The highest BCUT2D eigenvalue weighted by atomic mass is 16.5. The number of hydrogen-bond donors (Lipinski definition) is 2. The molecule has 0 aromatic rings. The van der Waals surface area contributed by atoms with Crippen LogP contribution in [0.4, 0.5) is 0 Å². The topological polar surface area (TPSA) is 48.9 Å². The van der Waals surface area contributed by atoms with Crippen molar-refractivity contribution in [2.75, 3.05) is 46.9 Å². The van der Waals surface area contributed by atoms with Crippen LogP contribution < -0.4 is 10.6 Å². The summed E-state index contributed by atoms with van der Waals surface area (Å²) >= 11 is 0. The van der Waals surface area contributed by atoms with Crippen LogP contribution in [0.3, 0.4) is 0 Å².